The van der Waals surface area contributed by atoms with Crippen LogP contribution in [-0.2, 0) is 9.59 Å². The largest absolute Gasteiger partial charge is 0.492 e. The maximum Gasteiger partial charge on any atom is 0.282 e. The molecule has 0 N–H and O–H groups in total. The van der Waals surface area contributed by atoms with Crippen LogP contribution in [0.5, 0.6) is 11.5 Å². The number of piperazine rings is 1. The minimum atomic E-state index is -0.335. The third-order valence-corrected chi connectivity index (χ3v) is 5.80. The standard InChI is InChI=1S/C26H31N3O4/c1-5-32-22-9-7-6-8-21(22)29-25(30)23(19-10-12-20(13-11-19)33-18(2)3)24(26(29)31)28-16-14-27(4)15-17-28/h6-13,18H,5,14-17H2,1-4H3. The second-order valence-electron chi connectivity index (χ2n) is 8.55. The average Bonchev–Trinajstić information content (AvgIpc) is 3.05. The maximum atomic E-state index is 13.8. The zero-order valence-corrected chi connectivity index (χ0v) is 19.7. The molecule has 2 aromatic rings. The number of imide groups is 1. The molecule has 0 aromatic heterocycles. The summed E-state index contributed by atoms with van der Waals surface area (Å²) in [6.45, 7) is 9.28. The van der Waals surface area contributed by atoms with Crippen LogP contribution in [0.4, 0.5) is 5.69 Å². The Balaban J connectivity index is 1.77. The van der Waals surface area contributed by atoms with E-state index >= 15 is 0 Å². The number of benzene rings is 2. The van der Waals surface area contributed by atoms with Crippen LogP contribution in [0.2, 0.25) is 0 Å². The predicted molar refractivity (Wildman–Crippen MR) is 128 cm³/mol. The minimum Gasteiger partial charge on any atom is -0.492 e. The van der Waals surface area contributed by atoms with Gasteiger partial charge in [-0.1, -0.05) is 24.3 Å². The van der Waals surface area contributed by atoms with E-state index in [9.17, 15) is 9.59 Å². The molecule has 0 unspecified atom stereocenters. The van der Waals surface area contributed by atoms with E-state index in [1.165, 1.54) is 4.90 Å². The smallest absolute Gasteiger partial charge is 0.282 e. The van der Waals surface area contributed by atoms with Gasteiger partial charge in [-0.25, -0.2) is 4.90 Å². The molecule has 0 aliphatic carbocycles. The fraction of sp³-hybridized carbons (Fsp3) is 0.385. The average molecular weight is 450 g/mol. The fourth-order valence-corrected chi connectivity index (χ4v) is 4.21. The third-order valence-electron chi connectivity index (χ3n) is 5.80. The van der Waals surface area contributed by atoms with Gasteiger partial charge in [0.05, 0.1) is 24.0 Å². The number of nitrogens with zero attached hydrogens (tertiary/aromatic N) is 3. The van der Waals surface area contributed by atoms with Gasteiger partial charge in [0.1, 0.15) is 17.2 Å². The number of carbonyl (C=O) groups is 2. The van der Waals surface area contributed by atoms with Gasteiger partial charge in [-0.15, -0.1) is 0 Å². The van der Waals surface area contributed by atoms with Crippen molar-refractivity contribution in [3.8, 4) is 11.5 Å². The van der Waals surface area contributed by atoms with Crippen LogP contribution in [0.25, 0.3) is 5.57 Å². The molecule has 33 heavy (non-hydrogen) atoms. The normalized spacial score (nSPS) is 17.4. The summed E-state index contributed by atoms with van der Waals surface area (Å²) in [5, 5.41) is 0. The van der Waals surface area contributed by atoms with E-state index in [1.807, 2.05) is 62.1 Å². The van der Waals surface area contributed by atoms with Crippen LogP contribution in [0.15, 0.2) is 54.2 Å². The molecule has 1 saturated heterocycles. The van der Waals surface area contributed by atoms with E-state index in [-0.39, 0.29) is 17.9 Å². The van der Waals surface area contributed by atoms with Crippen LogP contribution in [0, 0.1) is 0 Å². The number of hydrogen-bond acceptors (Lipinski definition) is 6. The third kappa shape index (κ3) is 4.59. The molecule has 2 aliphatic rings. The fourth-order valence-electron chi connectivity index (χ4n) is 4.21. The highest BCUT2D eigenvalue weighted by atomic mass is 16.5. The first-order valence-electron chi connectivity index (χ1n) is 11.5. The molecule has 7 nitrogen and oxygen atoms in total. The Morgan fingerprint density at radius 3 is 2.21 bits per heavy atom. The summed E-state index contributed by atoms with van der Waals surface area (Å²) in [5.74, 6) is 0.597. The Morgan fingerprint density at radius 2 is 1.58 bits per heavy atom. The van der Waals surface area contributed by atoms with Gasteiger partial charge in [-0.2, -0.15) is 0 Å². The number of ether oxygens (including phenoxy) is 2. The second-order valence-corrected chi connectivity index (χ2v) is 8.55. The molecular weight excluding hydrogens is 418 g/mol. The Morgan fingerprint density at radius 1 is 0.909 bits per heavy atom. The van der Waals surface area contributed by atoms with E-state index in [0.29, 0.717) is 48.0 Å². The first-order chi connectivity index (χ1) is 15.9. The number of rotatable bonds is 7. The maximum absolute atomic E-state index is 13.8. The first kappa shape index (κ1) is 22.9. The number of para-hydroxylation sites is 2. The Labute approximate surface area is 195 Å². The summed E-state index contributed by atoms with van der Waals surface area (Å²) < 4.78 is 11.5. The lowest BCUT2D eigenvalue weighted by molar-refractivity contribution is -0.120. The Bertz CT molecular complexity index is 1050. The van der Waals surface area contributed by atoms with Crippen LogP contribution in [-0.4, -0.2) is 67.6 Å². The predicted octanol–water partition coefficient (Wildman–Crippen LogP) is 3.40. The first-order valence-corrected chi connectivity index (χ1v) is 11.5. The molecule has 2 aromatic carbocycles. The lowest BCUT2D eigenvalue weighted by atomic mass is 10.0. The Hall–Kier alpha value is -3.32. The molecular formula is C26H31N3O4. The molecule has 2 aliphatic heterocycles. The van der Waals surface area contributed by atoms with Crippen molar-refractivity contribution in [2.75, 3.05) is 44.7 Å². The van der Waals surface area contributed by atoms with Gasteiger partial charge in [-0.05, 0) is 57.6 Å². The molecule has 0 spiro atoms. The van der Waals surface area contributed by atoms with Crippen molar-refractivity contribution < 1.29 is 19.1 Å². The molecule has 0 saturated carbocycles. The SMILES string of the molecule is CCOc1ccccc1N1C(=O)C(c2ccc(OC(C)C)cc2)=C(N2CCN(C)CC2)C1=O. The van der Waals surface area contributed by atoms with Gasteiger partial charge < -0.3 is 19.3 Å². The summed E-state index contributed by atoms with van der Waals surface area (Å²) in [4.78, 5) is 33.1. The molecule has 0 radical (unpaired) electrons. The van der Waals surface area contributed by atoms with Crippen LogP contribution in [0.3, 0.4) is 0 Å². The molecule has 0 bridgehead atoms. The molecule has 2 heterocycles. The van der Waals surface area contributed by atoms with Crippen molar-refractivity contribution in [1.29, 1.82) is 0 Å². The van der Waals surface area contributed by atoms with Crippen molar-refractivity contribution in [3.05, 3.63) is 59.8 Å². The Kier molecular flexibility index (Phi) is 6.70. The van der Waals surface area contributed by atoms with Crippen LogP contribution in [0.1, 0.15) is 26.3 Å². The summed E-state index contributed by atoms with van der Waals surface area (Å²) >= 11 is 0. The molecule has 1 fully saturated rings. The molecule has 0 atom stereocenters. The van der Waals surface area contributed by atoms with Crippen molar-refractivity contribution in [1.82, 2.24) is 9.80 Å². The van der Waals surface area contributed by atoms with E-state index < -0.39 is 0 Å². The minimum absolute atomic E-state index is 0.0521. The topological polar surface area (TPSA) is 62.3 Å². The van der Waals surface area contributed by atoms with E-state index in [1.54, 1.807) is 12.1 Å². The number of amides is 2. The zero-order valence-electron chi connectivity index (χ0n) is 19.7. The summed E-state index contributed by atoms with van der Waals surface area (Å²) in [7, 11) is 2.06. The van der Waals surface area contributed by atoms with Crippen molar-refractivity contribution in [2.24, 2.45) is 0 Å². The highest BCUT2D eigenvalue weighted by molar-refractivity contribution is 6.45. The summed E-state index contributed by atoms with van der Waals surface area (Å²) in [5.41, 5.74) is 2.05. The second kappa shape index (κ2) is 9.67. The highest BCUT2D eigenvalue weighted by Crippen LogP contribution is 2.39. The van der Waals surface area contributed by atoms with Gasteiger partial charge in [0.2, 0.25) is 0 Å². The van der Waals surface area contributed by atoms with Crippen molar-refractivity contribution >= 4 is 23.1 Å². The highest BCUT2D eigenvalue weighted by Gasteiger charge is 2.43. The monoisotopic (exact) mass is 449 g/mol. The number of carbonyl (C=O) groups excluding carboxylic acids is 2. The molecule has 4 rings (SSSR count). The number of anilines is 1. The molecule has 174 valence electrons. The van der Waals surface area contributed by atoms with Gasteiger partial charge in [-0.3, -0.25) is 9.59 Å². The lowest BCUT2D eigenvalue weighted by Crippen LogP contribution is -2.46. The summed E-state index contributed by atoms with van der Waals surface area (Å²) in [6, 6.07) is 14.6. The van der Waals surface area contributed by atoms with Gasteiger partial charge in [0.15, 0.2) is 0 Å². The summed E-state index contributed by atoms with van der Waals surface area (Å²) in [6.07, 6.45) is 0.0521. The van der Waals surface area contributed by atoms with Gasteiger partial charge >= 0.3 is 0 Å². The quantitative estimate of drug-likeness (QED) is 0.604. The van der Waals surface area contributed by atoms with Crippen LogP contribution < -0.4 is 14.4 Å². The zero-order chi connectivity index (χ0) is 23.5. The number of hydrogen-bond donors (Lipinski definition) is 0. The van der Waals surface area contributed by atoms with Crippen molar-refractivity contribution in [3.63, 3.8) is 0 Å². The van der Waals surface area contributed by atoms with E-state index in [2.05, 4.69) is 11.9 Å². The number of likely N-dealkylation sites (N-methyl/N-ethyl adjacent to an activating group) is 1. The van der Waals surface area contributed by atoms with E-state index in [4.69, 9.17) is 9.47 Å². The van der Waals surface area contributed by atoms with Crippen molar-refractivity contribution in [2.45, 2.75) is 26.9 Å². The molecule has 7 heteroatoms. The van der Waals surface area contributed by atoms with Gasteiger partial charge in [0, 0.05) is 26.2 Å². The lowest BCUT2D eigenvalue weighted by Gasteiger charge is -2.34. The van der Waals surface area contributed by atoms with Gasteiger partial charge in [0.25, 0.3) is 11.8 Å². The van der Waals surface area contributed by atoms with E-state index in [0.717, 1.165) is 18.8 Å². The van der Waals surface area contributed by atoms with Crippen LogP contribution >= 0.6 is 0 Å². The molecule has 2 amide bonds.